The van der Waals surface area contributed by atoms with Crippen LogP contribution in [0.25, 0.3) is 0 Å². The van der Waals surface area contributed by atoms with Gasteiger partial charge in [-0.05, 0) is 47.7 Å². The fraction of sp³-hybridized carbons (Fsp3) is 0.468. The van der Waals surface area contributed by atoms with E-state index < -0.39 is 28.3 Å². The molecule has 2 aliphatic rings. The summed E-state index contributed by atoms with van der Waals surface area (Å²) in [5.74, 6) is -0.442. The first-order valence-electron chi connectivity index (χ1n) is 21.4. The zero-order chi connectivity index (χ0) is 43.4. The van der Waals surface area contributed by atoms with Crippen LogP contribution in [0.5, 0.6) is 0 Å². The third kappa shape index (κ3) is 15.6. The van der Waals surface area contributed by atoms with Crippen molar-refractivity contribution in [2.45, 2.75) is 62.4 Å². The van der Waals surface area contributed by atoms with Crippen LogP contribution in [0.1, 0.15) is 52.2 Å². The molecule has 336 valence electrons. The lowest BCUT2D eigenvalue weighted by atomic mass is 9.99. The molecule has 4 atom stereocenters. The second kappa shape index (κ2) is 25.3. The minimum Gasteiger partial charge on any atom is -0.392 e. The van der Waals surface area contributed by atoms with Gasteiger partial charge in [-0.3, -0.25) is 9.69 Å². The zero-order valence-electron chi connectivity index (χ0n) is 35.5. The number of aryl methyl sites for hydroxylation is 1. The fourth-order valence-corrected chi connectivity index (χ4v) is 8.30. The van der Waals surface area contributed by atoms with Crippen molar-refractivity contribution in [1.29, 1.82) is 0 Å². The molecular weight excluding hydrogens is 815 g/mol. The Morgan fingerprint density at radius 3 is 1.81 bits per heavy atom. The molecule has 15 heteroatoms. The highest BCUT2D eigenvalue weighted by Crippen LogP contribution is 2.38. The molecule has 1 amide bonds. The van der Waals surface area contributed by atoms with Gasteiger partial charge in [0.25, 0.3) is 0 Å². The second-order valence-corrected chi connectivity index (χ2v) is 17.1. The van der Waals surface area contributed by atoms with Gasteiger partial charge in [-0.15, -0.1) is 0 Å². The van der Waals surface area contributed by atoms with Crippen molar-refractivity contribution in [1.82, 2.24) is 14.9 Å². The number of hydrogen-bond acceptors (Lipinski definition) is 12. The highest BCUT2D eigenvalue weighted by Gasteiger charge is 2.33. The lowest BCUT2D eigenvalue weighted by molar-refractivity contribution is -0.253. The van der Waals surface area contributed by atoms with Gasteiger partial charge >= 0.3 is 0 Å². The summed E-state index contributed by atoms with van der Waals surface area (Å²) in [6.07, 6.45) is -0.376. The number of carbonyl (C=O) groups excluding carboxylic acids is 1. The number of amides is 1. The zero-order valence-corrected chi connectivity index (χ0v) is 36.3. The number of ether oxygens (including phenoxy) is 7. The van der Waals surface area contributed by atoms with Crippen LogP contribution >= 0.6 is 0 Å². The maximum atomic E-state index is 13.7. The first kappa shape index (κ1) is 47.4. The topological polar surface area (TPSA) is 163 Å². The molecule has 62 heavy (non-hydrogen) atoms. The second-order valence-electron chi connectivity index (χ2n) is 15.3. The largest absolute Gasteiger partial charge is 0.392 e. The molecule has 4 unspecified atom stereocenters. The highest BCUT2D eigenvalue weighted by atomic mass is 32.2. The van der Waals surface area contributed by atoms with Crippen LogP contribution in [-0.4, -0.2) is 122 Å². The van der Waals surface area contributed by atoms with Crippen molar-refractivity contribution in [2.75, 3.05) is 85.7 Å². The van der Waals surface area contributed by atoms with Crippen molar-refractivity contribution in [3.05, 3.63) is 137 Å². The summed E-state index contributed by atoms with van der Waals surface area (Å²) in [6.45, 7) is 8.96. The van der Waals surface area contributed by atoms with E-state index in [2.05, 4.69) is 14.9 Å². The summed E-state index contributed by atoms with van der Waals surface area (Å²) in [4.78, 5) is 16.0. The molecule has 4 aromatic rings. The van der Waals surface area contributed by atoms with Crippen LogP contribution in [-0.2, 0) is 67.5 Å². The Hall–Kier alpha value is -4.10. The van der Waals surface area contributed by atoms with Crippen LogP contribution in [0, 0.1) is 6.92 Å². The van der Waals surface area contributed by atoms with Crippen LogP contribution in [0.4, 0.5) is 0 Å². The number of nitrogens with one attached hydrogen (secondary N) is 2. The number of benzene rings is 4. The monoisotopic (exact) mass is 875 g/mol. The molecule has 2 aliphatic heterocycles. The highest BCUT2D eigenvalue weighted by molar-refractivity contribution is 7.89. The number of aliphatic hydroxyl groups is 1. The third-order valence-corrected chi connectivity index (χ3v) is 12.1. The lowest BCUT2D eigenvalue weighted by Gasteiger charge is -2.38. The number of sulfonamides is 1. The van der Waals surface area contributed by atoms with Gasteiger partial charge in [0.15, 0.2) is 6.29 Å². The van der Waals surface area contributed by atoms with Crippen molar-refractivity contribution in [3.8, 4) is 0 Å². The smallest absolute Gasteiger partial charge is 0.241 e. The van der Waals surface area contributed by atoms with Crippen LogP contribution < -0.4 is 10.0 Å². The normalized spacial score (nSPS) is 21.3. The van der Waals surface area contributed by atoms with Gasteiger partial charge in [0, 0.05) is 38.2 Å². The van der Waals surface area contributed by atoms with E-state index in [4.69, 9.17) is 33.2 Å². The number of hydrogen-bond donors (Lipinski definition) is 3. The van der Waals surface area contributed by atoms with Gasteiger partial charge in [-0.2, -0.15) is 4.72 Å². The minimum absolute atomic E-state index is 0.0462. The Morgan fingerprint density at radius 1 is 0.677 bits per heavy atom. The Balaban J connectivity index is 1.11. The standard InChI is InChI=1S/C47H61N3O11S/c1-36-7-17-43(18-8-36)62(53,54)49-44(31-37-5-3-2-4-6-37)46(52)48-33-38-9-15-41(16-10-38)47-60-42(32-45(61-47)40-13-11-39(35-51)12-14-40)34-50-19-21-55-23-25-57-27-29-59-30-28-58-26-24-56-22-20-50/h2-18,42,44-45,47,49,51H,19-35H2,1H3,(H,48,52). The van der Waals surface area contributed by atoms with Crippen LogP contribution in [0.2, 0.25) is 0 Å². The van der Waals surface area contributed by atoms with Crippen molar-refractivity contribution in [2.24, 2.45) is 0 Å². The van der Waals surface area contributed by atoms with E-state index in [9.17, 15) is 18.3 Å². The average molecular weight is 876 g/mol. The van der Waals surface area contributed by atoms with Crippen molar-refractivity contribution < 1.29 is 51.5 Å². The number of nitrogens with zero attached hydrogens (tertiary/aromatic N) is 1. The van der Waals surface area contributed by atoms with Gasteiger partial charge in [0.1, 0.15) is 6.04 Å². The Labute approximate surface area is 365 Å². The van der Waals surface area contributed by atoms with Crippen molar-refractivity contribution in [3.63, 3.8) is 0 Å². The van der Waals surface area contributed by atoms with Gasteiger partial charge in [-0.25, -0.2) is 8.42 Å². The van der Waals surface area contributed by atoms with E-state index in [1.165, 1.54) is 12.1 Å². The van der Waals surface area contributed by atoms with Gasteiger partial charge < -0.3 is 43.6 Å². The number of carbonyl (C=O) groups is 1. The maximum absolute atomic E-state index is 13.7. The third-order valence-electron chi connectivity index (χ3n) is 10.6. The Morgan fingerprint density at radius 2 is 1.23 bits per heavy atom. The summed E-state index contributed by atoms with van der Waals surface area (Å²) in [6, 6.07) is 30.3. The van der Waals surface area contributed by atoms with Crippen molar-refractivity contribution >= 4 is 15.9 Å². The summed E-state index contributed by atoms with van der Waals surface area (Å²) in [5, 5.41) is 12.6. The molecule has 0 radical (unpaired) electrons. The molecule has 2 fully saturated rings. The number of aliphatic hydroxyl groups excluding tert-OH is 1. The fourth-order valence-electron chi connectivity index (χ4n) is 7.10. The van der Waals surface area contributed by atoms with E-state index in [-0.39, 0.29) is 36.7 Å². The van der Waals surface area contributed by atoms with Crippen LogP contribution in [0.15, 0.2) is 108 Å². The molecule has 6 rings (SSSR count). The molecule has 0 aliphatic carbocycles. The Kier molecular flexibility index (Phi) is 19.3. The van der Waals surface area contributed by atoms with E-state index >= 15 is 0 Å². The predicted octanol–water partition coefficient (Wildman–Crippen LogP) is 4.64. The van der Waals surface area contributed by atoms with Crippen LogP contribution in [0.3, 0.4) is 0 Å². The molecule has 2 saturated heterocycles. The first-order chi connectivity index (χ1) is 30.3. The lowest BCUT2D eigenvalue weighted by Crippen LogP contribution is -2.47. The molecule has 14 nitrogen and oxygen atoms in total. The van der Waals surface area contributed by atoms with E-state index in [0.29, 0.717) is 92.1 Å². The number of rotatable bonds is 13. The maximum Gasteiger partial charge on any atom is 0.241 e. The summed E-state index contributed by atoms with van der Waals surface area (Å²) < 4.78 is 71.3. The predicted molar refractivity (Wildman–Crippen MR) is 233 cm³/mol. The average Bonchev–Trinajstić information content (AvgIpc) is 3.29. The summed E-state index contributed by atoms with van der Waals surface area (Å²) >= 11 is 0. The minimum atomic E-state index is -3.98. The molecule has 3 N–H and O–H groups in total. The van der Waals surface area contributed by atoms with E-state index in [0.717, 1.165) is 33.4 Å². The molecule has 0 bridgehead atoms. The first-order valence-corrected chi connectivity index (χ1v) is 22.9. The van der Waals surface area contributed by atoms with Gasteiger partial charge in [0.2, 0.25) is 15.9 Å². The molecular formula is C47H61N3O11S. The van der Waals surface area contributed by atoms with E-state index in [1.54, 1.807) is 12.1 Å². The van der Waals surface area contributed by atoms with E-state index in [1.807, 2.05) is 85.8 Å². The Bertz CT molecular complexity index is 1990. The SMILES string of the molecule is Cc1ccc(S(=O)(=O)NC(Cc2ccccc2)C(=O)NCc2ccc(C3OC(CN4CCOCCOCCOCCOCCOCC4)CC(c4ccc(CO)cc4)O3)cc2)cc1. The quantitative estimate of drug-likeness (QED) is 0.171. The summed E-state index contributed by atoms with van der Waals surface area (Å²) in [7, 11) is -3.98. The molecule has 0 saturated carbocycles. The summed E-state index contributed by atoms with van der Waals surface area (Å²) in [5.41, 5.74) is 5.19. The molecule has 0 aromatic heterocycles. The van der Waals surface area contributed by atoms with Gasteiger partial charge in [0.05, 0.1) is 89.8 Å². The molecule has 0 spiro atoms. The molecule has 2 heterocycles. The van der Waals surface area contributed by atoms with Gasteiger partial charge in [-0.1, -0.05) is 96.6 Å². The molecule has 4 aromatic carbocycles.